The minimum atomic E-state index is -0.923. The molecular formula is C26H29N3O7. The van der Waals surface area contributed by atoms with Gasteiger partial charge < -0.3 is 24.8 Å². The first kappa shape index (κ1) is 25.2. The van der Waals surface area contributed by atoms with Crippen molar-refractivity contribution >= 4 is 11.8 Å². The molecule has 0 spiro atoms. The van der Waals surface area contributed by atoms with Crippen LogP contribution in [0.3, 0.4) is 0 Å². The summed E-state index contributed by atoms with van der Waals surface area (Å²) in [7, 11) is 1.25. The number of ketones is 1. The average Bonchev–Trinajstić information content (AvgIpc) is 3.48. The minimum absolute atomic E-state index is 0.0205. The molecule has 0 unspecified atom stereocenters. The number of phenolic OH excluding ortho intramolecular Hbond substituents is 2. The summed E-state index contributed by atoms with van der Waals surface area (Å²) in [6.07, 6.45) is 2.00. The van der Waals surface area contributed by atoms with E-state index < -0.39 is 29.5 Å². The lowest BCUT2D eigenvalue weighted by atomic mass is 9.84. The molecule has 3 N–H and O–H groups in total. The predicted octanol–water partition coefficient (Wildman–Crippen LogP) is 3.80. The Hall–Kier alpha value is -3.92. The number of benzene rings is 1. The fraction of sp³-hybridized carbons (Fsp3) is 0.385. The Kier molecular flexibility index (Phi) is 6.73. The summed E-state index contributed by atoms with van der Waals surface area (Å²) in [6, 6.07) is 2.96. The van der Waals surface area contributed by atoms with Crippen LogP contribution in [0.1, 0.15) is 89.3 Å². The summed E-state index contributed by atoms with van der Waals surface area (Å²) >= 11 is 0. The summed E-state index contributed by atoms with van der Waals surface area (Å²) in [5, 5.41) is 37.9. The summed E-state index contributed by atoms with van der Waals surface area (Å²) in [6.45, 7) is 6.89. The number of aromatic nitrogens is 3. The number of carbonyl (C=O) groups excluding carboxylic acids is 2. The van der Waals surface area contributed by atoms with Crippen LogP contribution >= 0.6 is 0 Å². The van der Waals surface area contributed by atoms with Gasteiger partial charge in [-0.1, -0.05) is 0 Å². The van der Waals surface area contributed by atoms with E-state index in [-0.39, 0.29) is 47.3 Å². The van der Waals surface area contributed by atoms with Crippen molar-refractivity contribution < 1.29 is 34.4 Å². The third-order valence-corrected chi connectivity index (χ3v) is 6.52. The number of fused-ring (bicyclic) bond motifs is 1. The number of esters is 1. The Morgan fingerprint density at radius 1 is 1.22 bits per heavy atom. The number of aromatic hydroxyl groups is 3. The normalized spacial score (nSPS) is 15.7. The highest BCUT2D eigenvalue weighted by Gasteiger charge is 2.37. The number of carbonyl (C=O) groups is 2. The van der Waals surface area contributed by atoms with E-state index in [9.17, 15) is 24.9 Å². The SMILES string of the molecule is COC(=O)C[C@H](c1c(O)c(C(C)=O)cc([C@@H]2OCc3cnc(C)c(O)c32)c1O)c1ccnn1C(C)C. The molecular weight excluding hydrogens is 466 g/mol. The van der Waals surface area contributed by atoms with Gasteiger partial charge in [-0.05, 0) is 39.8 Å². The number of nitrogens with zero attached hydrogens (tertiary/aromatic N) is 3. The van der Waals surface area contributed by atoms with Crippen molar-refractivity contribution in [1.29, 1.82) is 0 Å². The second-order valence-electron chi connectivity index (χ2n) is 9.13. The first-order valence-corrected chi connectivity index (χ1v) is 11.6. The van der Waals surface area contributed by atoms with Gasteiger partial charge in [-0.25, -0.2) is 0 Å². The van der Waals surface area contributed by atoms with Gasteiger partial charge in [0.1, 0.15) is 23.4 Å². The van der Waals surface area contributed by atoms with Crippen molar-refractivity contribution in [2.45, 2.75) is 58.8 Å². The number of Topliss-reactive ketones (excluding diaryl/α,β-unsaturated/α-hetero) is 1. The van der Waals surface area contributed by atoms with Gasteiger partial charge in [-0.15, -0.1) is 0 Å². The molecule has 2 aromatic heterocycles. The Labute approximate surface area is 208 Å². The molecule has 0 aliphatic carbocycles. The number of pyridine rings is 1. The lowest BCUT2D eigenvalue weighted by Gasteiger charge is -2.25. The number of phenols is 2. The largest absolute Gasteiger partial charge is 0.507 e. The van der Waals surface area contributed by atoms with Crippen molar-refractivity contribution in [2.24, 2.45) is 0 Å². The summed E-state index contributed by atoms with van der Waals surface area (Å²) < 4.78 is 12.5. The van der Waals surface area contributed by atoms with E-state index in [1.54, 1.807) is 30.1 Å². The number of methoxy groups -OCH3 is 1. The minimum Gasteiger partial charge on any atom is -0.507 e. The van der Waals surface area contributed by atoms with Gasteiger partial charge in [0.2, 0.25) is 0 Å². The maximum atomic E-state index is 12.6. The highest BCUT2D eigenvalue weighted by Crippen LogP contribution is 2.50. The van der Waals surface area contributed by atoms with Gasteiger partial charge in [-0.3, -0.25) is 19.3 Å². The molecule has 190 valence electrons. The standard InChI is InChI=1S/C26H29N3O7/c1-12(2)29-19(6-7-28-29)17(9-20(31)35-5)22-24(33)16(14(4)30)8-18(25(22)34)26-21-15(11-36-26)10-27-13(3)23(21)32/h6-8,10,12,17,26,32-34H,9,11H2,1-5H3/t17-,26-/m0/s1. The zero-order valence-corrected chi connectivity index (χ0v) is 20.8. The molecule has 1 aromatic carbocycles. The first-order valence-electron chi connectivity index (χ1n) is 11.6. The first-order chi connectivity index (χ1) is 17.1. The van der Waals surface area contributed by atoms with Crippen LogP contribution in [0.4, 0.5) is 0 Å². The van der Waals surface area contributed by atoms with Gasteiger partial charge in [0.15, 0.2) is 5.78 Å². The summed E-state index contributed by atoms with van der Waals surface area (Å²) in [5.41, 5.74) is 2.12. The van der Waals surface area contributed by atoms with Gasteiger partial charge in [0.25, 0.3) is 0 Å². The van der Waals surface area contributed by atoms with Gasteiger partial charge >= 0.3 is 5.97 Å². The number of aryl methyl sites for hydroxylation is 1. The van der Waals surface area contributed by atoms with Crippen LogP contribution in [0.25, 0.3) is 0 Å². The van der Waals surface area contributed by atoms with Crippen molar-refractivity contribution in [3.63, 3.8) is 0 Å². The van der Waals surface area contributed by atoms with E-state index >= 15 is 0 Å². The van der Waals surface area contributed by atoms with E-state index in [2.05, 4.69) is 10.1 Å². The Balaban J connectivity index is 2.00. The molecule has 3 heterocycles. The lowest BCUT2D eigenvalue weighted by molar-refractivity contribution is -0.140. The van der Waals surface area contributed by atoms with Crippen LogP contribution in [0.15, 0.2) is 24.5 Å². The Bertz CT molecular complexity index is 1350. The number of rotatable bonds is 7. The van der Waals surface area contributed by atoms with Crippen molar-refractivity contribution in [2.75, 3.05) is 7.11 Å². The molecule has 0 amide bonds. The highest BCUT2D eigenvalue weighted by atomic mass is 16.5. The molecule has 1 aliphatic rings. The van der Waals surface area contributed by atoms with Gasteiger partial charge in [-0.2, -0.15) is 5.10 Å². The molecule has 3 aromatic rings. The molecule has 0 bridgehead atoms. The molecule has 0 fully saturated rings. The second-order valence-corrected chi connectivity index (χ2v) is 9.13. The number of ether oxygens (including phenoxy) is 2. The molecule has 36 heavy (non-hydrogen) atoms. The van der Waals surface area contributed by atoms with Crippen molar-refractivity contribution in [1.82, 2.24) is 14.8 Å². The molecule has 0 saturated carbocycles. The monoisotopic (exact) mass is 495 g/mol. The third kappa shape index (κ3) is 4.17. The molecule has 0 saturated heterocycles. The quantitative estimate of drug-likeness (QED) is 0.329. The smallest absolute Gasteiger partial charge is 0.306 e. The zero-order chi connectivity index (χ0) is 26.3. The van der Waals surface area contributed by atoms with Crippen LogP contribution in [-0.4, -0.2) is 48.9 Å². The molecule has 10 nitrogen and oxygen atoms in total. The summed E-state index contributed by atoms with van der Waals surface area (Å²) in [5.74, 6) is -2.78. The van der Waals surface area contributed by atoms with Crippen LogP contribution in [0.5, 0.6) is 17.2 Å². The van der Waals surface area contributed by atoms with E-state index in [4.69, 9.17) is 9.47 Å². The Morgan fingerprint density at radius 2 is 1.94 bits per heavy atom. The van der Waals surface area contributed by atoms with E-state index in [0.29, 0.717) is 22.5 Å². The average molecular weight is 496 g/mol. The van der Waals surface area contributed by atoms with Crippen molar-refractivity contribution in [3.05, 3.63) is 63.7 Å². The third-order valence-electron chi connectivity index (χ3n) is 6.52. The van der Waals surface area contributed by atoms with Crippen molar-refractivity contribution in [3.8, 4) is 17.2 Å². The lowest BCUT2D eigenvalue weighted by Crippen LogP contribution is -2.18. The summed E-state index contributed by atoms with van der Waals surface area (Å²) in [4.78, 5) is 29.2. The van der Waals surface area contributed by atoms with E-state index in [1.165, 1.54) is 20.1 Å². The molecule has 4 rings (SSSR count). The van der Waals surface area contributed by atoms with Gasteiger partial charge in [0, 0.05) is 52.3 Å². The second kappa shape index (κ2) is 9.62. The fourth-order valence-electron chi connectivity index (χ4n) is 4.70. The molecule has 2 atom stereocenters. The maximum absolute atomic E-state index is 12.6. The van der Waals surface area contributed by atoms with Crippen LogP contribution < -0.4 is 0 Å². The number of hydrogen-bond donors (Lipinski definition) is 3. The Morgan fingerprint density at radius 3 is 2.58 bits per heavy atom. The maximum Gasteiger partial charge on any atom is 0.306 e. The molecule has 10 heteroatoms. The van der Waals surface area contributed by atoms with Crippen LogP contribution in [0, 0.1) is 6.92 Å². The van der Waals surface area contributed by atoms with E-state index in [1.807, 2.05) is 13.8 Å². The van der Waals surface area contributed by atoms with Crippen LogP contribution in [0.2, 0.25) is 0 Å². The predicted molar refractivity (Wildman–Crippen MR) is 128 cm³/mol. The zero-order valence-electron chi connectivity index (χ0n) is 20.8. The molecule has 0 radical (unpaired) electrons. The molecule has 1 aliphatic heterocycles. The topological polar surface area (TPSA) is 144 Å². The fourth-order valence-corrected chi connectivity index (χ4v) is 4.70. The highest BCUT2D eigenvalue weighted by molar-refractivity contribution is 5.98. The van der Waals surface area contributed by atoms with E-state index in [0.717, 1.165) is 0 Å². The van der Waals surface area contributed by atoms with Gasteiger partial charge in [0.05, 0.1) is 31.4 Å². The number of hydrogen-bond acceptors (Lipinski definition) is 9. The van der Waals surface area contributed by atoms with Crippen LogP contribution in [-0.2, 0) is 20.9 Å².